The molecule has 0 fully saturated rings. The Morgan fingerprint density at radius 2 is 1.78 bits per heavy atom. The fraction of sp³-hybridized carbons (Fsp3) is 0.0526. The average molecular weight is 376 g/mol. The van der Waals surface area contributed by atoms with Gasteiger partial charge in [-0.3, -0.25) is 4.79 Å². The van der Waals surface area contributed by atoms with Gasteiger partial charge in [0.25, 0.3) is 5.91 Å². The lowest BCUT2D eigenvalue weighted by atomic mass is 10.2. The quantitative estimate of drug-likeness (QED) is 0.540. The molecule has 0 saturated heterocycles. The normalized spacial score (nSPS) is 10.7. The molecule has 0 spiro atoms. The summed E-state index contributed by atoms with van der Waals surface area (Å²) in [4.78, 5) is 12.6. The van der Waals surface area contributed by atoms with Gasteiger partial charge < -0.3 is 9.88 Å². The van der Waals surface area contributed by atoms with Gasteiger partial charge in [-0.15, -0.1) is 5.10 Å². The third-order valence-corrected chi connectivity index (χ3v) is 4.62. The monoisotopic (exact) mass is 376 g/mol. The average Bonchev–Trinajstić information content (AvgIpc) is 3.40. The van der Waals surface area contributed by atoms with Crippen molar-refractivity contribution in [3.63, 3.8) is 0 Å². The lowest BCUT2D eigenvalue weighted by Crippen LogP contribution is -2.12. The van der Waals surface area contributed by atoms with E-state index in [1.807, 2.05) is 83.9 Å². The van der Waals surface area contributed by atoms with E-state index in [2.05, 4.69) is 20.8 Å². The number of amides is 1. The fourth-order valence-electron chi connectivity index (χ4n) is 2.68. The van der Waals surface area contributed by atoms with E-state index in [-0.39, 0.29) is 5.91 Å². The molecule has 0 aliphatic carbocycles. The summed E-state index contributed by atoms with van der Waals surface area (Å²) < 4.78 is 3.62. The lowest BCUT2D eigenvalue weighted by molar-refractivity contribution is 0.102. The van der Waals surface area contributed by atoms with Crippen molar-refractivity contribution < 1.29 is 4.79 Å². The molecule has 4 aromatic rings. The van der Waals surface area contributed by atoms with Crippen molar-refractivity contribution >= 4 is 23.4 Å². The Kier molecular flexibility index (Phi) is 4.71. The van der Waals surface area contributed by atoms with E-state index in [0.29, 0.717) is 16.4 Å². The predicted molar refractivity (Wildman–Crippen MR) is 105 cm³/mol. The van der Waals surface area contributed by atoms with E-state index < -0.39 is 0 Å². The summed E-state index contributed by atoms with van der Waals surface area (Å²) in [5.41, 5.74) is 3.05. The summed E-state index contributed by atoms with van der Waals surface area (Å²) >= 11 is 1.45. The molecule has 0 saturated carbocycles. The Morgan fingerprint density at radius 3 is 2.52 bits per heavy atom. The number of anilines is 1. The molecule has 2 aromatic heterocycles. The number of rotatable bonds is 5. The van der Waals surface area contributed by atoms with Gasteiger partial charge in [0, 0.05) is 29.3 Å². The molecule has 1 amide bonds. The number of thioether (sulfide) groups is 1. The van der Waals surface area contributed by atoms with E-state index in [0.717, 1.165) is 11.4 Å². The van der Waals surface area contributed by atoms with Crippen LogP contribution in [0.15, 0.2) is 78.2 Å². The highest BCUT2D eigenvalue weighted by Gasteiger charge is 2.10. The molecule has 7 nitrogen and oxygen atoms in total. The Labute approximate surface area is 160 Å². The molecule has 0 bridgehead atoms. The molecule has 2 heterocycles. The van der Waals surface area contributed by atoms with Gasteiger partial charge >= 0.3 is 0 Å². The highest BCUT2D eigenvalue weighted by atomic mass is 32.2. The van der Waals surface area contributed by atoms with Crippen LogP contribution in [0.2, 0.25) is 0 Å². The van der Waals surface area contributed by atoms with Gasteiger partial charge in [0.15, 0.2) is 0 Å². The Hall–Kier alpha value is -3.39. The first-order chi connectivity index (χ1) is 13.2. The minimum atomic E-state index is -0.173. The third-order valence-electron chi connectivity index (χ3n) is 4.00. The second-order valence-electron chi connectivity index (χ2n) is 5.72. The van der Waals surface area contributed by atoms with Crippen LogP contribution in [0.5, 0.6) is 0 Å². The maximum atomic E-state index is 12.6. The van der Waals surface area contributed by atoms with Gasteiger partial charge in [-0.2, -0.15) is 4.68 Å². The molecule has 1 N–H and O–H groups in total. The largest absolute Gasteiger partial charge is 0.324 e. The van der Waals surface area contributed by atoms with Crippen LogP contribution in [-0.2, 0) is 0 Å². The number of benzene rings is 2. The maximum Gasteiger partial charge on any atom is 0.255 e. The van der Waals surface area contributed by atoms with Crippen LogP contribution >= 0.6 is 11.8 Å². The molecule has 2 aromatic carbocycles. The van der Waals surface area contributed by atoms with Crippen LogP contribution < -0.4 is 5.32 Å². The van der Waals surface area contributed by atoms with E-state index >= 15 is 0 Å². The Morgan fingerprint density at radius 1 is 1.00 bits per heavy atom. The van der Waals surface area contributed by atoms with Crippen molar-refractivity contribution in [2.75, 3.05) is 11.6 Å². The molecule has 8 heteroatoms. The molecule has 27 heavy (non-hydrogen) atoms. The zero-order chi connectivity index (χ0) is 18.6. The van der Waals surface area contributed by atoms with Crippen molar-refractivity contribution in [1.29, 1.82) is 0 Å². The van der Waals surface area contributed by atoms with Crippen molar-refractivity contribution in [3.05, 3.63) is 78.6 Å². The predicted octanol–water partition coefficient (Wildman–Crippen LogP) is 3.43. The zero-order valence-corrected chi connectivity index (χ0v) is 15.3. The van der Waals surface area contributed by atoms with Crippen LogP contribution in [0.1, 0.15) is 10.4 Å². The van der Waals surface area contributed by atoms with Gasteiger partial charge in [-0.25, -0.2) is 0 Å². The topological polar surface area (TPSA) is 77.6 Å². The smallest absolute Gasteiger partial charge is 0.255 e. The molecular formula is C19H16N6OS. The maximum absolute atomic E-state index is 12.6. The number of tetrazole rings is 1. The van der Waals surface area contributed by atoms with E-state index in [1.54, 1.807) is 4.68 Å². The highest BCUT2D eigenvalue weighted by Crippen LogP contribution is 2.19. The van der Waals surface area contributed by atoms with Crippen LogP contribution in [0.25, 0.3) is 11.4 Å². The summed E-state index contributed by atoms with van der Waals surface area (Å²) in [6.45, 7) is 0. The second kappa shape index (κ2) is 7.46. The summed E-state index contributed by atoms with van der Waals surface area (Å²) in [6.07, 6.45) is 5.83. The number of aromatic nitrogens is 5. The van der Waals surface area contributed by atoms with Gasteiger partial charge in [-0.1, -0.05) is 17.8 Å². The molecule has 0 aliphatic heterocycles. The summed E-state index contributed by atoms with van der Waals surface area (Å²) in [7, 11) is 0. The highest BCUT2D eigenvalue weighted by molar-refractivity contribution is 7.98. The van der Waals surface area contributed by atoms with Crippen LogP contribution in [0.3, 0.4) is 0 Å². The Bertz CT molecular complexity index is 1060. The summed E-state index contributed by atoms with van der Waals surface area (Å²) in [5, 5.41) is 15.2. The first-order valence-corrected chi connectivity index (χ1v) is 9.44. The lowest BCUT2D eigenvalue weighted by Gasteiger charge is -2.09. The first kappa shape index (κ1) is 17.0. The molecular weight excluding hydrogens is 360 g/mol. The Balaban J connectivity index is 1.52. The van der Waals surface area contributed by atoms with Gasteiger partial charge in [0.2, 0.25) is 5.16 Å². The molecule has 134 valence electrons. The van der Waals surface area contributed by atoms with Crippen molar-refractivity contribution in [1.82, 2.24) is 24.8 Å². The second-order valence-corrected chi connectivity index (χ2v) is 6.49. The van der Waals surface area contributed by atoms with Gasteiger partial charge in [-0.05, 0) is 71.3 Å². The SMILES string of the molecule is CSc1nnnn1-c1cccc(NC(=O)c2ccc(-n3cccc3)cc2)c1. The van der Waals surface area contributed by atoms with Crippen LogP contribution in [-0.4, -0.2) is 36.9 Å². The third kappa shape index (κ3) is 3.61. The number of carbonyl (C=O) groups is 1. The molecule has 0 aliphatic rings. The zero-order valence-electron chi connectivity index (χ0n) is 14.5. The molecule has 0 radical (unpaired) electrons. The molecule has 0 atom stereocenters. The van der Waals surface area contributed by atoms with Gasteiger partial charge in [0.1, 0.15) is 0 Å². The van der Waals surface area contributed by atoms with E-state index in [4.69, 9.17) is 0 Å². The van der Waals surface area contributed by atoms with Crippen molar-refractivity contribution in [3.8, 4) is 11.4 Å². The van der Waals surface area contributed by atoms with Crippen molar-refractivity contribution in [2.24, 2.45) is 0 Å². The van der Waals surface area contributed by atoms with Crippen LogP contribution in [0.4, 0.5) is 5.69 Å². The fourth-order valence-corrected chi connectivity index (χ4v) is 3.11. The van der Waals surface area contributed by atoms with E-state index in [9.17, 15) is 4.79 Å². The van der Waals surface area contributed by atoms with Crippen LogP contribution in [0, 0.1) is 0 Å². The minimum Gasteiger partial charge on any atom is -0.324 e. The van der Waals surface area contributed by atoms with E-state index in [1.165, 1.54) is 11.8 Å². The molecule has 0 unspecified atom stereocenters. The standard InChI is InChI=1S/C19H16N6OS/c1-27-19-21-22-23-25(19)17-6-4-5-15(13-17)20-18(26)14-7-9-16(10-8-14)24-11-2-3-12-24/h2-13H,1H3,(H,20,26). The number of hydrogen-bond donors (Lipinski definition) is 1. The van der Waals surface area contributed by atoms with Crippen molar-refractivity contribution in [2.45, 2.75) is 5.16 Å². The number of nitrogens with one attached hydrogen (secondary N) is 1. The minimum absolute atomic E-state index is 0.173. The number of hydrogen-bond acceptors (Lipinski definition) is 5. The summed E-state index contributed by atoms with van der Waals surface area (Å²) in [5.74, 6) is -0.173. The number of nitrogens with zero attached hydrogens (tertiary/aromatic N) is 5. The number of carbonyl (C=O) groups excluding carboxylic acids is 1. The van der Waals surface area contributed by atoms with Gasteiger partial charge in [0.05, 0.1) is 5.69 Å². The summed E-state index contributed by atoms with van der Waals surface area (Å²) in [6, 6.07) is 18.8. The first-order valence-electron chi connectivity index (χ1n) is 8.22. The molecule has 4 rings (SSSR count).